The Balaban J connectivity index is 1.52. The summed E-state index contributed by atoms with van der Waals surface area (Å²) < 4.78 is 2.08. The molecule has 0 radical (unpaired) electrons. The van der Waals surface area contributed by atoms with Crippen LogP contribution in [0.1, 0.15) is 36.2 Å². The van der Waals surface area contributed by atoms with Crippen LogP contribution in [0.25, 0.3) is 0 Å². The highest BCUT2D eigenvalue weighted by atomic mass is 32.2. The molecule has 0 fully saturated rings. The van der Waals surface area contributed by atoms with Crippen molar-refractivity contribution in [3.8, 4) is 0 Å². The fraction of sp³-hybridized carbons (Fsp3) is 0.444. The topological polar surface area (TPSA) is 88.9 Å². The minimum absolute atomic E-state index is 0.123. The van der Waals surface area contributed by atoms with Crippen molar-refractivity contribution in [3.05, 3.63) is 35.2 Å². The maximum Gasteiger partial charge on any atom is 0.325 e. The lowest BCUT2D eigenvalue weighted by atomic mass is 10.1. The number of hydrogen-bond acceptors (Lipinski definition) is 5. The monoisotopic (exact) mass is 373 g/mol. The number of urea groups is 1. The number of thioether (sulfide) groups is 1. The Kier molecular flexibility index (Phi) is 5.92. The van der Waals surface area contributed by atoms with Gasteiger partial charge in [0.05, 0.1) is 5.75 Å². The van der Waals surface area contributed by atoms with Gasteiger partial charge < -0.3 is 9.88 Å². The van der Waals surface area contributed by atoms with E-state index in [0.29, 0.717) is 5.69 Å². The molecule has 0 aliphatic carbocycles. The van der Waals surface area contributed by atoms with Crippen LogP contribution in [0.5, 0.6) is 0 Å². The first-order chi connectivity index (χ1) is 12.5. The van der Waals surface area contributed by atoms with Crippen LogP contribution in [0.3, 0.4) is 0 Å². The molecule has 3 amide bonds. The van der Waals surface area contributed by atoms with E-state index in [4.69, 9.17) is 0 Å². The Bertz CT molecular complexity index is 818. The summed E-state index contributed by atoms with van der Waals surface area (Å²) in [6.07, 6.45) is 4.34. The normalized spacial score (nSPS) is 13.6. The number of amides is 3. The zero-order valence-corrected chi connectivity index (χ0v) is 15.9. The molecule has 0 spiro atoms. The van der Waals surface area contributed by atoms with Crippen LogP contribution in [0.15, 0.2) is 23.4 Å². The minimum Gasteiger partial charge on any atom is -0.307 e. The minimum atomic E-state index is -0.524. The molecule has 0 saturated carbocycles. The van der Waals surface area contributed by atoms with Crippen LogP contribution in [-0.2, 0) is 17.8 Å². The van der Waals surface area contributed by atoms with Gasteiger partial charge in [-0.05, 0) is 43.9 Å². The van der Waals surface area contributed by atoms with Crippen molar-refractivity contribution in [1.29, 1.82) is 0 Å². The van der Waals surface area contributed by atoms with Gasteiger partial charge in [0.25, 0.3) is 0 Å². The predicted molar refractivity (Wildman–Crippen MR) is 101 cm³/mol. The van der Waals surface area contributed by atoms with Crippen molar-refractivity contribution in [2.45, 2.75) is 51.2 Å². The largest absolute Gasteiger partial charge is 0.325 e. The highest BCUT2D eigenvalue weighted by molar-refractivity contribution is 7.99. The van der Waals surface area contributed by atoms with Gasteiger partial charge in [0.1, 0.15) is 5.82 Å². The Morgan fingerprint density at radius 2 is 2.04 bits per heavy atom. The number of nitrogens with one attached hydrogen (secondary N) is 2. The Morgan fingerprint density at radius 1 is 1.19 bits per heavy atom. The number of benzene rings is 1. The lowest BCUT2D eigenvalue weighted by molar-refractivity contribution is -0.117. The molecular weight excluding hydrogens is 350 g/mol. The van der Waals surface area contributed by atoms with Gasteiger partial charge in [-0.15, -0.1) is 10.2 Å². The van der Waals surface area contributed by atoms with Crippen LogP contribution in [0.2, 0.25) is 0 Å². The van der Waals surface area contributed by atoms with E-state index in [1.165, 1.54) is 18.2 Å². The van der Waals surface area contributed by atoms with Gasteiger partial charge in [0, 0.05) is 18.7 Å². The summed E-state index contributed by atoms with van der Waals surface area (Å²) in [5, 5.41) is 14.2. The number of imide groups is 1. The Hall–Kier alpha value is -2.35. The maximum atomic E-state index is 12.1. The second-order valence-corrected chi connectivity index (χ2v) is 7.34. The SMILES string of the molecule is Cc1cccc(NC(=O)NC(=O)CSc2nnc3n2CCCCC3)c1C. The average Bonchev–Trinajstić information content (AvgIpc) is 2.83. The van der Waals surface area contributed by atoms with Gasteiger partial charge in [-0.1, -0.05) is 30.3 Å². The lowest BCUT2D eigenvalue weighted by Crippen LogP contribution is -2.35. The molecule has 0 atom stereocenters. The number of anilines is 1. The molecular formula is C18H23N5O2S. The maximum absolute atomic E-state index is 12.1. The molecule has 1 aliphatic heterocycles. The van der Waals surface area contributed by atoms with Gasteiger partial charge in [-0.2, -0.15) is 0 Å². The number of carbonyl (C=O) groups is 2. The van der Waals surface area contributed by atoms with E-state index >= 15 is 0 Å². The first kappa shape index (κ1) is 18.4. The van der Waals surface area contributed by atoms with Gasteiger partial charge in [-0.25, -0.2) is 4.79 Å². The molecule has 0 bridgehead atoms. The van der Waals surface area contributed by atoms with E-state index < -0.39 is 6.03 Å². The van der Waals surface area contributed by atoms with Crippen molar-refractivity contribution in [3.63, 3.8) is 0 Å². The molecule has 138 valence electrons. The van der Waals surface area contributed by atoms with Crippen LogP contribution in [-0.4, -0.2) is 32.5 Å². The summed E-state index contributed by atoms with van der Waals surface area (Å²) in [5.74, 6) is 0.750. The van der Waals surface area contributed by atoms with Crippen molar-refractivity contribution in [2.75, 3.05) is 11.1 Å². The van der Waals surface area contributed by atoms with Crippen LogP contribution in [0.4, 0.5) is 10.5 Å². The Morgan fingerprint density at radius 3 is 2.88 bits per heavy atom. The van der Waals surface area contributed by atoms with Gasteiger partial charge in [-0.3, -0.25) is 10.1 Å². The molecule has 7 nitrogen and oxygen atoms in total. The predicted octanol–water partition coefficient (Wildman–Crippen LogP) is 3.06. The number of carbonyl (C=O) groups excluding carboxylic acids is 2. The molecule has 2 N–H and O–H groups in total. The molecule has 0 saturated heterocycles. The van der Waals surface area contributed by atoms with E-state index in [1.54, 1.807) is 0 Å². The summed E-state index contributed by atoms with van der Waals surface area (Å²) in [5.41, 5.74) is 2.76. The summed E-state index contributed by atoms with van der Waals surface area (Å²) in [7, 11) is 0. The molecule has 1 aliphatic rings. The van der Waals surface area contributed by atoms with E-state index in [0.717, 1.165) is 47.9 Å². The number of fused-ring (bicyclic) bond motifs is 1. The second-order valence-electron chi connectivity index (χ2n) is 6.40. The van der Waals surface area contributed by atoms with Gasteiger partial charge in [0.15, 0.2) is 5.16 Å². The van der Waals surface area contributed by atoms with Crippen LogP contribution < -0.4 is 10.6 Å². The first-order valence-corrected chi connectivity index (χ1v) is 9.75. The molecule has 1 aromatic heterocycles. The summed E-state index contributed by atoms with van der Waals surface area (Å²) >= 11 is 1.31. The average molecular weight is 373 g/mol. The van der Waals surface area contributed by atoms with Crippen molar-refractivity contribution in [2.24, 2.45) is 0 Å². The standard InChI is InChI=1S/C18H23N5O2S/c1-12-7-6-8-14(13(12)2)19-17(25)20-16(24)11-26-18-22-21-15-9-4-3-5-10-23(15)18/h6-8H,3-5,9-11H2,1-2H3,(H2,19,20,24,25). The molecule has 8 heteroatoms. The second kappa shape index (κ2) is 8.35. The fourth-order valence-corrected chi connectivity index (χ4v) is 3.68. The summed E-state index contributed by atoms with van der Waals surface area (Å²) in [6.45, 7) is 4.79. The molecule has 3 rings (SSSR count). The third-order valence-corrected chi connectivity index (χ3v) is 5.48. The van der Waals surface area contributed by atoms with E-state index in [1.807, 2.05) is 32.0 Å². The highest BCUT2D eigenvalue weighted by Crippen LogP contribution is 2.21. The van der Waals surface area contributed by atoms with Crippen molar-refractivity contribution >= 4 is 29.4 Å². The molecule has 2 aromatic rings. The number of rotatable bonds is 4. The zero-order chi connectivity index (χ0) is 18.5. The quantitative estimate of drug-likeness (QED) is 0.804. The fourth-order valence-electron chi connectivity index (χ4n) is 2.90. The third-order valence-electron chi connectivity index (χ3n) is 4.51. The molecule has 26 heavy (non-hydrogen) atoms. The van der Waals surface area contributed by atoms with Crippen molar-refractivity contribution in [1.82, 2.24) is 20.1 Å². The number of aromatic nitrogens is 3. The Labute approximate surface area is 157 Å². The number of nitrogens with zero attached hydrogens (tertiary/aromatic N) is 3. The molecule has 2 heterocycles. The lowest BCUT2D eigenvalue weighted by Gasteiger charge is -2.11. The zero-order valence-electron chi connectivity index (χ0n) is 15.0. The first-order valence-electron chi connectivity index (χ1n) is 8.76. The smallest absolute Gasteiger partial charge is 0.307 e. The van der Waals surface area contributed by atoms with E-state index in [9.17, 15) is 9.59 Å². The van der Waals surface area contributed by atoms with Crippen molar-refractivity contribution < 1.29 is 9.59 Å². The highest BCUT2D eigenvalue weighted by Gasteiger charge is 2.17. The summed E-state index contributed by atoms with van der Waals surface area (Å²) in [6, 6.07) is 5.13. The van der Waals surface area contributed by atoms with Crippen LogP contribution in [0, 0.1) is 13.8 Å². The van der Waals surface area contributed by atoms with E-state index in [2.05, 4.69) is 25.4 Å². The van der Waals surface area contributed by atoms with Gasteiger partial charge >= 0.3 is 6.03 Å². The van der Waals surface area contributed by atoms with Gasteiger partial charge in [0.2, 0.25) is 5.91 Å². The van der Waals surface area contributed by atoms with E-state index in [-0.39, 0.29) is 11.7 Å². The molecule has 1 aromatic carbocycles. The number of aryl methyl sites for hydroxylation is 2. The third kappa shape index (κ3) is 4.43. The molecule has 0 unspecified atom stereocenters. The number of hydrogen-bond donors (Lipinski definition) is 2. The van der Waals surface area contributed by atoms with Crippen LogP contribution >= 0.6 is 11.8 Å². The summed E-state index contributed by atoms with van der Waals surface area (Å²) in [4.78, 5) is 24.1.